The molecule has 1 aliphatic carbocycles. The zero-order valence-corrected chi connectivity index (χ0v) is 23.6. The highest BCUT2D eigenvalue weighted by Crippen LogP contribution is 2.56. The molecule has 0 saturated heterocycles. The predicted molar refractivity (Wildman–Crippen MR) is 171 cm³/mol. The lowest BCUT2D eigenvalue weighted by atomic mass is 9.67. The summed E-state index contributed by atoms with van der Waals surface area (Å²) in [4.78, 5) is 4.29. The molecule has 0 unspecified atom stereocenters. The maximum absolute atomic E-state index is 4.29. The predicted octanol–water partition coefficient (Wildman–Crippen LogP) is 9.98. The van der Waals surface area contributed by atoms with Gasteiger partial charge in [-0.3, -0.25) is 4.98 Å². The number of aromatic nitrogens is 1. The lowest BCUT2D eigenvalue weighted by Crippen LogP contribution is -2.28. The van der Waals surface area contributed by atoms with E-state index in [0.717, 1.165) is 12.0 Å². The van der Waals surface area contributed by atoms with Crippen molar-refractivity contribution >= 4 is 0 Å². The third-order valence-electron chi connectivity index (χ3n) is 8.49. The number of fused-ring (bicyclic) bond motifs is 3. The number of benzene rings is 5. The number of pyridine rings is 1. The third-order valence-corrected chi connectivity index (χ3v) is 8.49. The maximum Gasteiger partial charge on any atom is 0.0713 e. The van der Waals surface area contributed by atoms with Gasteiger partial charge in [-0.25, -0.2) is 0 Å². The molecule has 7 rings (SSSR count). The minimum atomic E-state index is -0.394. The van der Waals surface area contributed by atoms with Gasteiger partial charge in [0.1, 0.15) is 0 Å². The summed E-state index contributed by atoms with van der Waals surface area (Å²) in [6, 6.07) is 49.4. The van der Waals surface area contributed by atoms with E-state index in [1.165, 1.54) is 55.6 Å². The standard InChI is InChI=1S/C40H33N/c1-28(2)25-29-16-22-34(23-17-29)40(38-14-5-3-12-36(38)37-13-4-6-15-39(37)40)35-11-7-9-32(26-35)30-18-20-31(21-19-30)33-10-8-24-41-27-33/h3-24,26-28H,25H2,1-2H3. The average molecular weight is 528 g/mol. The quantitative estimate of drug-likeness (QED) is 0.210. The molecule has 1 heterocycles. The van der Waals surface area contributed by atoms with Crippen LogP contribution >= 0.6 is 0 Å². The second-order valence-corrected chi connectivity index (χ2v) is 11.5. The fourth-order valence-corrected chi connectivity index (χ4v) is 6.71. The monoisotopic (exact) mass is 527 g/mol. The Hall–Kier alpha value is -4.75. The lowest BCUT2D eigenvalue weighted by Gasteiger charge is -2.34. The number of nitrogens with zero attached hydrogens (tertiary/aromatic N) is 1. The van der Waals surface area contributed by atoms with Crippen LogP contribution in [0.1, 0.15) is 41.7 Å². The summed E-state index contributed by atoms with van der Waals surface area (Å²) in [6.07, 6.45) is 4.82. The van der Waals surface area contributed by atoms with E-state index in [2.05, 4.69) is 146 Å². The molecule has 1 aromatic heterocycles. The molecular weight excluding hydrogens is 494 g/mol. The minimum absolute atomic E-state index is 0.394. The molecule has 0 aliphatic heterocycles. The highest BCUT2D eigenvalue weighted by Gasteiger charge is 2.45. The summed E-state index contributed by atoms with van der Waals surface area (Å²) >= 11 is 0. The van der Waals surface area contributed by atoms with E-state index < -0.39 is 5.41 Å². The second kappa shape index (κ2) is 10.3. The lowest BCUT2D eigenvalue weighted by molar-refractivity contribution is 0.646. The molecule has 198 valence electrons. The van der Waals surface area contributed by atoms with Gasteiger partial charge in [0, 0.05) is 12.4 Å². The molecule has 0 N–H and O–H groups in total. The summed E-state index contributed by atoms with van der Waals surface area (Å²) in [5.74, 6) is 0.629. The van der Waals surface area contributed by atoms with Crippen LogP contribution in [0.15, 0.2) is 146 Å². The van der Waals surface area contributed by atoms with Gasteiger partial charge >= 0.3 is 0 Å². The van der Waals surface area contributed by atoms with Crippen LogP contribution < -0.4 is 0 Å². The first-order valence-corrected chi connectivity index (χ1v) is 14.5. The zero-order valence-electron chi connectivity index (χ0n) is 23.6. The molecule has 1 aliphatic rings. The molecule has 41 heavy (non-hydrogen) atoms. The second-order valence-electron chi connectivity index (χ2n) is 11.5. The van der Waals surface area contributed by atoms with Crippen molar-refractivity contribution in [3.8, 4) is 33.4 Å². The molecule has 1 heteroatoms. The first kappa shape index (κ1) is 25.2. The summed E-state index contributed by atoms with van der Waals surface area (Å²) < 4.78 is 0. The van der Waals surface area contributed by atoms with Crippen LogP contribution in [0.2, 0.25) is 0 Å². The highest BCUT2D eigenvalue weighted by molar-refractivity contribution is 5.86. The Bertz CT molecular complexity index is 1770. The summed E-state index contributed by atoms with van der Waals surface area (Å²) in [5, 5.41) is 0. The summed E-state index contributed by atoms with van der Waals surface area (Å²) in [6.45, 7) is 4.57. The molecule has 1 nitrogen and oxygen atoms in total. The van der Waals surface area contributed by atoms with Crippen molar-refractivity contribution in [1.82, 2.24) is 4.98 Å². The molecule has 0 atom stereocenters. The largest absolute Gasteiger partial charge is 0.264 e. The Kier molecular flexibility index (Phi) is 6.36. The van der Waals surface area contributed by atoms with Gasteiger partial charge in [0.15, 0.2) is 0 Å². The molecule has 0 bridgehead atoms. The topological polar surface area (TPSA) is 12.9 Å². The van der Waals surface area contributed by atoms with Crippen LogP contribution in [0.25, 0.3) is 33.4 Å². The third kappa shape index (κ3) is 4.30. The Labute approximate surface area is 243 Å². The van der Waals surface area contributed by atoms with Crippen molar-refractivity contribution in [3.63, 3.8) is 0 Å². The van der Waals surface area contributed by atoms with E-state index in [0.29, 0.717) is 5.92 Å². The maximum atomic E-state index is 4.29. The van der Waals surface area contributed by atoms with E-state index in [9.17, 15) is 0 Å². The van der Waals surface area contributed by atoms with Gasteiger partial charge in [-0.1, -0.05) is 135 Å². The highest BCUT2D eigenvalue weighted by atomic mass is 14.6. The summed E-state index contributed by atoms with van der Waals surface area (Å²) in [5.41, 5.74) is 13.7. The smallest absolute Gasteiger partial charge is 0.0713 e. The Balaban J connectivity index is 1.41. The van der Waals surface area contributed by atoms with E-state index in [-0.39, 0.29) is 0 Å². The number of hydrogen-bond acceptors (Lipinski definition) is 1. The van der Waals surface area contributed by atoms with Crippen molar-refractivity contribution in [2.75, 3.05) is 0 Å². The van der Waals surface area contributed by atoms with Gasteiger partial charge in [-0.15, -0.1) is 0 Å². The molecule has 5 aromatic carbocycles. The van der Waals surface area contributed by atoms with Gasteiger partial charge in [0.2, 0.25) is 0 Å². The SMILES string of the molecule is CC(C)Cc1ccc(C2(c3cccc(-c4ccc(-c5cccnc5)cc4)c3)c3ccccc3-c3ccccc32)cc1. The summed E-state index contributed by atoms with van der Waals surface area (Å²) in [7, 11) is 0. The molecule has 0 radical (unpaired) electrons. The first-order valence-electron chi connectivity index (χ1n) is 14.5. The van der Waals surface area contributed by atoms with Crippen LogP contribution in [0, 0.1) is 5.92 Å². The van der Waals surface area contributed by atoms with E-state index in [1.54, 1.807) is 0 Å². The van der Waals surface area contributed by atoms with E-state index in [4.69, 9.17) is 0 Å². The van der Waals surface area contributed by atoms with Gasteiger partial charge in [-0.2, -0.15) is 0 Å². The van der Waals surface area contributed by atoms with Crippen molar-refractivity contribution in [3.05, 3.63) is 174 Å². The number of rotatable bonds is 6. The molecular formula is C40H33N. The minimum Gasteiger partial charge on any atom is -0.264 e. The van der Waals surface area contributed by atoms with Crippen molar-refractivity contribution in [2.24, 2.45) is 5.92 Å². The van der Waals surface area contributed by atoms with Crippen LogP contribution in [-0.2, 0) is 11.8 Å². The van der Waals surface area contributed by atoms with Crippen LogP contribution in [0.4, 0.5) is 0 Å². The van der Waals surface area contributed by atoms with Crippen LogP contribution in [0.3, 0.4) is 0 Å². The van der Waals surface area contributed by atoms with Gasteiger partial charge in [-0.05, 0) is 85.7 Å². The van der Waals surface area contributed by atoms with Crippen molar-refractivity contribution < 1.29 is 0 Å². The van der Waals surface area contributed by atoms with Gasteiger partial charge in [0.05, 0.1) is 5.41 Å². The average Bonchev–Trinajstić information content (AvgIpc) is 3.33. The van der Waals surface area contributed by atoms with Gasteiger partial charge < -0.3 is 0 Å². The van der Waals surface area contributed by atoms with Crippen molar-refractivity contribution in [1.29, 1.82) is 0 Å². The molecule has 0 fully saturated rings. The Morgan fingerprint density at radius 1 is 0.537 bits per heavy atom. The fraction of sp³-hybridized carbons (Fsp3) is 0.125. The van der Waals surface area contributed by atoms with Crippen LogP contribution in [-0.4, -0.2) is 4.98 Å². The molecule has 0 spiro atoms. The molecule has 6 aromatic rings. The Morgan fingerprint density at radius 3 is 1.76 bits per heavy atom. The van der Waals surface area contributed by atoms with E-state index in [1.807, 2.05) is 18.5 Å². The fourth-order valence-electron chi connectivity index (χ4n) is 6.71. The van der Waals surface area contributed by atoms with Crippen molar-refractivity contribution in [2.45, 2.75) is 25.7 Å². The molecule has 0 amide bonds. The first-order chi connectivity index (χ1) is 20.1. The molecule has 0 saturated carbocycles. The van der Waals surface area contributed by atoms with Crippen LogP contribution in [0.5, 0.6) is 0 Å². The number of hydrogen-bond donors (Lipinski definition) is 0. The van der Waals surface area contributed by atoms with Gasteiger partial charge in [0.25, 0.3) is 0 Å². The normalized spacial score (nSPS) is 13.1. The van der Waals surface area contributed by atoms with E-state index >= 15 is 0 Å². The zero-order chi connectivity index (χ0) is 27.8. The Morgan fingerprint density at radius 2 is 1.15 bits per heavy atom.